The molecule has 0 aliphatic carbocycles. The van der Waals surface area contributed by atoms with Crippen molar-refractivity contribution in [2.24, 2.45) is 11.1 Å². The van der Waals surface area contributed by atoms with Crippen molar-refractivity contribution in [3.8, 4) is 17.2 Å². The van der Waals surface area contributed by atoms with Crippen LogP contribution in [0.2, 0.25) is 0 Å². The third-order valence-electron chi connectivity index (χ3n) is 12.1. The Labute approximate surface area is 391 Å². The summed E-state index contributed by atoms with van der Waals surface area (Å²) < 4.78 is 5.37. The van der Waals surface area contributed by atoms with Crippen LogP contribution in [0, 0.1) is 16.7 Å². The maximum Gasteiger partial charge on any atom is 0.246 e. The molecule has 6 amide bonds. The fourth-order valence-electron chi connectivity index (χ4n) is 8.47. The van der Waals surface area contributed by atoms with Gasteiger partial charge in [-0.25, -0.2) is 0 Å². The molecular weight excluding hydrogens is 849 g/mol. The Morgan fingerprint density at radius 3 is 2.24 bits per heavy atom. The predicted molar refractivity (Wildman–Crippen MR) is 253 cm³/mol. The predicted octanol–water partition coefficient (Wildman–Crippen LogP) is 3.20. The Morgan fingerprint density at radius 2 is 1.52 bits per heavy atom. The van der Waals surface area contributed by atoms with Crippen molar-refractivity contribution < 1.29 is 33.5 Å². The number of hydrogen-bond donors (Lipinski definition) is 6. The van der Waals surface area contributed by atoms with Gasteiger partial charge in [0.25, 0.3) is 0 Å². The van der Waals surface area contributed by atoms with E-state index in [4.69, 9.17) is 15.7 Å². The molecule has 4 aromatic carbocycles. The van der Waals surface area contributed by atoms with E-state index in [1.807, 2.05) is 78.9 Å². The fraction of sp³-hybridized carbons (Fsp3) is 0.365. The van der Waals surface area contributed by atoms with Crippen molar-refractivity contribution in [3.05, 3.63) is 143 Å². The molecule has 7 N–H and O–H groups in total. The van der Waals surface area contributed by atoms with Crippen LogP contribution in [0.25, 0.3) is 11.1 Å². The van der Waals surface area contributed by atoms with Crippen molar-refractivity contribution in [1.82, 2.24) is 31.5 Å². The van der Waals surface area contributed by atoms with E-state index in [0.29, 0.717) is 62.9 Å². The maximum atomic E-state index is 14.9. The standard InChI is InChI=1S/C52H60N8O7/c53-25-6-10-37-13-17-40(18-14-37)41-19-15-38(16-20-41)32-45-50(65)57-35-43-12-5-4-11-42(43)33-47(62)58-44(49(64)56-28-31-67-30-26-54)23-27-55-46(61)21-22-48(63)60-29-7-24-52(36-60,51(66)59-45)34-39-8-2-1-3-9-39/h1-5,8-9,11-22,44-45H,6-7,10,23-24,26-36,54H2,(H,55,61)(H,56,64)(H,57,65)(H,58,62)(H,59,66)/b22-21+/t44-,45-,52-/m0/s1. The minimum absolute atomic E-state index is 0.0101. The molecule has 350 valence electrons. The van der Waals surface area contributed by atoms with E-state index in [9.17, 15) is 28.8 Å². The third-order valence-corrected chi connectivity index (χ3v) is 12.1. The minimum atomic E-state index is -1.11. The number of benzene rings is 4. The maximum absolute atomic E-state index is 14.9. The molecule has 0 aromatic heterocycles. The lowest BCUT2D eigenvalue weighted by atomic mass is 9.74. The second-order valence-electron chi connectivity index (χ2n) is 17.0. The zero-order valence-electron chi connectivity index (χ0n) is 37.8. The van der Waals surface area contributed by atoms with Crippen LogP contribution in [0.4, 0.5) is 0 Å². The van der Waals surface area contributed by atoms with Crippen LogP contribution in [-0.4, -0.2) is 98.4 Å². The molecule has 2 aliphatic heterocycles. The van der Waals surface area contributed by atoms with Crippen molar-refractivity contribution >= 4 is 35.4 Å². The highest BCUT2D eigenvalue weighted by molar-refractivity contribution is 5.97. The summed E-state index contributed by atoms with van der Waals surface area (Å²) in [5.41, 5.74) is 10.4. The monoisotopic (exact) mass is 908 g/mol. The second-order valence-corrected chi connectivity index (χ2v) is 17.0. The summed E-state index contributed by atoms with van der Waals surface area (Å²) in [4.78, 5) is 84.6. The Bertz CT molecular complexity index is 2400. The molecule has 3 atom stereocenters. The number of nitrogens with zero attached hydrogens (tertiary/aromatic N) is 2. The van der Waals surface area contributed by atoms with E-state index >= 15 is 0 Å². The van der Waals surface area contributed by atoms with Crippen molar-refractivity contribution in [2.75, 3.05) is 45.9 Å². The molecule has 15 nitrogen and oxygen atoms in total. The summed E-state index contributed by atoms with van der Waals surface area (Å²) >= 11 is 0. The number of hydrogen-bond acceptors (Lipinski definition) is 9. The third kappa shape index (κ3) is 14.7. The van der Waals surface area contributed by atoms with Gasteiger partial charge in [0, 0.05) is 64.3 Å². The summed E-state index contributed by atoms with van der Waals surface area (Å²) in [5, 5.41) is 23.4. The molecule has 2 aliphatic rings. The number of fused-ring (bicyclic) bond motifs is 3. The fourth-order valence-corrected chi connectivity index (χ4v) is 8.47. The first-order valence-corrected chi connectivity index (χ1v) is 22.9. The summed E-state index contributed by atoms with van der Waals surface area (Å²) in [6, 6.07) is 32.7. The van der Waals surface area contributed by atoms with Gasteiger partial charge >= 0.3 is 0 Å². The zero-order chi connectivity index (χ0) is 47.4. The topological polar surface area (TPSA) is 225 Å². The van der Waals surface area contributed by atoms with Crippen LogP contribution in [0.1, 0.15) is 53.5 Å². The minimum Gasteiger partial charge on any atom is -0.378 e. The summed E-state index contributed by atoms with van der Waals surface area (Å²) in [6.07, 6.45) is 4.77. The van der Waals surface area contributed by atoms with Crippen LogP contribution in [-0.2, 0) is 65.7 Å². The largest absolute Gasteiger partial charge is 0.378 e. The Balaban J connectivity index is 1.30. The molecule has 0 saturated carbocycles. The lowest BCUT2D eigenvalue weighted by Crippen LogP contribution is -2.58. The Hall–Kier alpha value is -7.15. The molecule has 15 heteroatoms. The number of piperidine rings is 1. The highest BCUT2D eigenvalue weighted by Crippen LogP contribution is 2.35. The number of carbonyl (C=O) groups excluding carboxylic acids is 6. The first-order chi connectivity index (χ1) is 32.6. The molecule has 67 heavy (non-hydrogen) atoms. The van der Waals surface area contributed by atoms with Gasteiger partial charge in [0.1, 0.15) is 12.1 Å². The molecule has 1 saturated heterocycles. The summed E-state index contributed by atoms with van der Waals surface area (Å²) in [6.45, 7) is 1.53. The van der Waals surface area contributed by atoms with E-state index in [-0.39, 0.29) is 58.0 Å². The van der Waals surface area contributed by atoms with Gasteiger partial charge in [-0.1, -0.05) is 103 Å². The van der Waals surface area contributed by atoms with Gasteiger partial charge in [0.2, 0.25) is 35.4 Å². The normalized spacial score (nSPS) is 20.3. The number of aryl methyl sites for hydroxylation is 1. The van der Waals surface area contributed by atoms with Gasteiger partial charge in [-0.05, 0) is 71.0 Å². The molecule has 2 heterocycles. The number of ether oxygens (including phenoxy) is 1. The van der Waals surface area contributed by atoms with Gasteiger partial charge in [0.15, 0.2) is 0 Å². The van der Waals surface area contributed by atoms with Crippen LogP contribution >= 0.6 is 0 Å². The number of amides is 6. The first kappa shape index (κ1) is 49.3. The Morgan fingerprint density at radius 1 is 0.821 bits per heavy atom. The molecule has 0 unspecified atom stereocenters. The van der Waals surface area contributed by atoms with Gasteiger partial charge in [0.05, 0.1) is 31.1 Å². The van der Waals surface area contributed by atoms with E-state index < -0.39 is 47.0 Å². The van der Waals surface area contributed by atoms with E-state index in [1.165, 1.54) is 6.08 Å². The van der Waals surface area contributed by atoms with Crippen LogP contribution < -0.4 is 32.3 Å². The molecular formula is C52H60N8O7. The number of carbonyl (C=O) groups is 6. The average Bonchev–Trinajstić information content (AvgIpc) is 3.34. The number of nitriles is 1. The van der Waals surface area contributed by atoms with Gasteiger partial charge < -0.3 is 42.0 Å². The van der Waals surface area contributed by atoms with Crippen LogP contribution in [0.15, 0.2) is 115 Å². The quantitative estimate of drug-likeness (QED) is 0.108. The lowest BCUT2D eigenvalue weighted by Gasteiger charge is -2.42. The van der Waals surface area contributed by atoms with Crippen LogP contribution in [0.5, 0.6) is 0 Å². The average molecular weight is 909 g/mol. The van der Waals surface area contributed by atoms with E-state index in [0.717, 1.165) is 33.9 Å². The molecule has 1 fully saturated rings. The van der Waals surface area contributed by atoms with Crippen molar-refractivity contribution in [1.29, 1.82) is 5.26 Å². The molecule has 2 bridgehead atoms. The van der Waals surface area contributed by atoms with Crippen LogP contribution in [0.3, 0.4) is 0 Å². The molecule has 4 aromatic rings. The summed E-state index contributed by atoms with van der Waals surface area (Å²) in [5.74, 6) is -2.75. The molecule has 0 spiro atoms. The summed E-state index contributed by atoms with van der Waals surface area (Å²) in [7, 11) is 0. The molecule has 6 rings (SSSR count). The molecule has 0 radical (unpaired) electrons. The first-order valence-electron chi connectivity index (χ1n) is 22.9. The van der Waals surface area contributed by atoms with E-state index in [1.54, 1.807) is 29.2 Å². The van der Waals surface area contributed by atoms with Gasteiger partial charge in [-0.15, -0.1) is 0 Å². The van der Waals surface area contributed by atoms with Crippen molar-refractivity contribution in [2.45, 2.75) is 70.0 Å². The zero-order valence-corrected chi connectivity index (χ0v) is 37.8. The van der Waals surface area contributed by atoms with Gasteiger partial charge in [-0.2, -0.15) is 5.26 Å². The Kier molecular flexibility index (Phi) is 18.4. The smallest absolute Gasteiger partial charge is 0.246 e. The van der Waals surface area contributed by atoms with Crippen molar-refractivity contribution in [3.63, 3.8) is 0 Å². The van der Waals surface area contributed by atoms with E-state index in [2.05, 4.69) is 32.7 Å². The lowest BCUT2D eigenvalue weighted by molar-refractivity contribution is -0.141. The highest BCUT2D eigenvalue weighted by atomic mass is 16.5. The SMILES string of the molecule is N#CCCc1ccc(-c2ccc(C[C@@H]3NC(=O)[C@]4(Cc5ccccc5)CCCN(C4)C(=O)/C=C/C(=O)NCC[C@@H](C(=O)NCCOCCN)NC(=O)Cc4ccccc4CNC3=O)cc2)cc1. The van der Waals surface area contributed by atoms with Gasteiger partial charge in [-0.3, -0.25) is 28.8 Å². The number of rotatable bonds is 13. The number of nitrogens with two attached hydrogens (primary N) is 1. The number of nitrogens with one attached hydrogen (secondary N) is 5. The highest BCUT2D eigenvalue weighted by Gasteiger charge is 2.44. The second kappa shape index (κ2) is 24.9.